The second kappa shape index (κ2) is 9.29. The molecule has 0 aliphatic carbocycles. The zero-order valence-corrected chi connectivity index (χ0v) is 15.7. The van der Waals surface area contributed by atoms with Gasteiger partial charge in [0, 0.05) is 6.42 Å². The third kappa shape index (κ3) is 7.39. The highest BCUT2D eigenvalue weighted by Gasteiger charge is 2.32. The molecule has 1 N–H and O–H groups in total. The largest absolute Gasteiger partial charge is 0.376 e. The van der Waals surface area contributed by atoms with Crippen molar-refractivity contribution in [3.63, 3.8) is 0 Å². The Hall–Kier alpha value is -0.900. The molecule has 4 heteroatoms. The Bertz CT molecular complexity index is 350. The van der Waals surface area contributed by atoms with Crippen molar-refractivity contribution in [3.8, 4) is 0 Å². The minimum atomic E-state index is -0.412. The lowest BCUT2D eigenvalue weighted by atomic mass is 9.84. The second-order valence-electron chi connectivity index (χ2n) is 7.28. The average Bonchev–Trinajstić information content (AvgIpc) is 2.35. The van der Waals surface area contributed by atoms with Gasteiger partial charge in [0.2, 0.25) is 5.91 Å². The van der Waals surface area contributed by atoms with Gasteiger partial charge >= 0.3 is 0 Å². The summed E-state index contributed by atoms with van der Waals surface area (Å²) in [6.45, 7) is 15.5. The number of Topliss-reactive ketones (excluding diaryl/α,β-unsaturated/α-hetero) is 1. The van der Waals surface area contributed by atoms with Crippen LogP contribution >= 0.6 is 0 Å². The van der Waals surface area contributed by atoms with Gasteiger partial charge in [-0.2, -0.15) is 0 Å². The molecule has 22 heavy (non-hydrogen) atoms. The van der Waals surface area contributed by atoms with Crippen LogP contribution < -0.4 is 5.32 Å². The van der Waals surface area contributed by atoms with Crippen LogP contribution in [0.5, 0.6) is 0 Å². The maximum atomic E-state index is 12.2. The molecule has 0 aromatic carbocycles. The number of hydrogen-bond donors (Lipinski definition) is 1. The molecule has 1 rings (SSSR count). The molecule has 0 radical (unpaired) electrons. The SMILES string of the molecule is CC.CC(=O)C(NC(=O)CC1CC(C)OC(C)C1)C(C)(C)C. The maximum absolute atomic E-state index is 12.2. The smallest absolute Gasteiger partial charge is 0.220 e. The lowest BCUT2D eigenvalue weighted by Crippen LogP contribution is -2.48. The predicted octanol–water partition coefficient (Wildman–Crippen LogP) is 3.73. The minimum Gasteiger partial charge on any atom is -0.376 e. The summed E-state index contributed by atoms with van der Waals surface area (Å²) in [4.78, 5) is 23.9. The number of nitrogens with one attached hydrogen (secondary N) is 1. The van der Waals surface area contributed by atoms with E-state index in [1.165, 1.54) is 6.92 Å². The van der Waals surface area contributed by atoms with Gasteiger partial charge in [-0.1, -0.05) is 34.6 Å². The molecule has 4 nitrogen and oxygen atoms in total. The van der Waals surface area contributed by atoms with Crippen LogP contribution in [0.25, 0.3) is 0 Å². The third-order valence-corrected chi connectivity index (χ3v) is 3.85. The van der Waals surface area contributed by atoms with Crippen molar-refractivity contribution in [3.05, 3.63) is 0 Å². The molecule has 0 aromatic heterocycles. The summed E-state index contributed by atoms with van der Waals surface area (Å²) in [5, 5.41) is 2.90. The van der Waals surface area contributed by atoms with Gasteiger partial charge in [-0.05, 0) is 44.9 Å². The molecule has 0 saturated carbocycles. The first-order valence-corrected chi connectivity index (χ1v) is 8.55. The van der Waals surface area contributed by atoms with Crippen LogP contribution in [0.2, 0.25) is 0 Å². The Morgan fingerprint density at radius 1 is 1.14 bits per heavy atom. The third-order valence-electron chi connectivity index (χ3n) is 3.85. The Balaban J connectivity index is 0.00000211. The first-order valence-electron chi connectivity index (χ1n) is 8.55. The Kier molecular flexibility index (Phi) is 8.91. The highest BCUT2D eigenvalue weighted by Crippen LogP contribution is 2.27. The van der Waals surface area contributed by atoms with Crippen molar-refractivity contribution in [2.45, 2.75) is 92.9 Å². The van der Waals surface area contributed by atoms with E-state index in [4.69, 9.17) is 4.74 Å². The predicted molar refractivity (Wildman–Crippen MR) is 90.8 cm³/mol. The fourth-order valence-corrected chi connectivity index (χ4v) is 3.12. The average molecular weight is 313 g/mol. The van der Waals surface area contributed by atoms with E-state index < -0.39 is 6.04 Å². The van der Waals surface area contributed by atoms with Gasteiger partial charge in [-0.15, -0.1) is 0 Å². The van der Waals surface area contributed by atoms with E-state index >= 15 is 0 Å². The lowest BCUT2D eigenvalue weighted by molar-refractivity contribution is -0.131. The van der Waals surface area contributed by atoms with E-state index in [-0.39, 0.29) is 29.3 Å². The highest BCUT2D eigenvalue weighted by molar-refractivity contribution is 5.88. The number of rotatable bonds is 4. The molecular formula is C18H35NO3. The standard InChI is InChI=1S/C16H29NO3.C2H6/c1-10-7-13(8-11(2)20-10)9-14(19)17-15(12(3)18)16(4,5)6;1-2/h10-11,13,15H,7-9H2,1-6H3,(H,17,19);1-2H3. The molecule has 0 spiro atoms. The monoisotopic (exact) mass is 313 g/mol. The van der Waals surface area contributed by atoms with Crippen LogP contribution in [0.3, 0.4) is 0 Å². The Morgan fingerprint density at radius 3 is 1.95 bits per heavy atom. The number of carbonyl (C=O) groups excluding carboxylic acids is 2. The van der Waals surface area contributed by atoms with Gasteiger partial charge in [-0.3, -0.25) is 9.59 Å². The normalized spacial score (nSPS) is 26.5. The van der Waals surface area contributed by atoms with Crippen LogP contribution in [0, 0.1) is 11.3 Å². The molecular weight excluding hydrogens is 278 g/mol. The van der Waals surface area contributed by atoms with Crippen molar-refractivity contribution >= 4 is 11.7 Å². The highest BCUT2D eigenvalue weighted by atomic mass is 16.5. The fourth-order valence-electron chi connectivity index (χ4n) is 3.12. The van der Waals surface area contributed by atoms with Crippen molar-refractivity contribution < 1.29 is 14.3 Å². The van der Waals surface area contributed by atoms with Crippen molar-refractivity contribution in [1.82, 2.24) is 5.32 Å². The van der Waals surface area contributed by atoms with Gasteiger partial charge < -0.3 is 10.1 Å². The number of amides is 1. The van der Waals surface area contributed by atoms with E-state index in [0.29, 0.717) is 12.3 Å². The van der Waals surface area contributed by atoms with E-state index in [2.05, 4.69) is 5.32 Å². The van der Waals surface area contributed by atoms with E-state index in [1.807, 2.05) is 48.5 Å². The molecule has 130 valence electrons. The van der Waals surface area contributed by atoms with Crippen LogP contribution in [0.1, 0.15) is 74.7 Å². The molecule has 0 bridgehead atoms. The maximum Gasteiger partial charge on any atom is 0.220 e. The summed E-state index contributed by atoms with van der Waals surface area (Å²) >= 11 is 0. The van der Waals surface area contributed by atoms with Gasteiger partial charge in [-0.25, -0.2) is 0 Å². The molecule has 1 saturated heterocycles. The van der Waals surface area contributed by atoms with Gasteiger partial charge in [0.1, 0.15) is 0 Å². The minimum absolute atomic E-state index is 0.0135. The fraction of sp³-hybridized carbons (Fsp3) is 0.889. The lowest BCUT2D eigenvalue weighted by Gasteiger charge is -2.33. The molecule has 1 aliphatic rings. The zero-order valence-electron chi connectivity index (χ0n) is 15.7. The number of carbonyl (C=O) groups is 2. The van der Waals surface area contributed by atoms with Gasteiger partial charge in [0.15, 0.2) is 5.78 Å². The van der Waals surface area contributed by atoms with E-state index in [1.54, 1.807) is 0 Å². The van der Waals surface area contributed by atoms with Crippen LogP contribution in [0.15, 0.2) is 0 Å². The Labute approximate surface area is 136 Å². The van der Waals surface area contributed by atoms with Crippen molar-refractivity contribution in [2.75, 3.05) is 0 Å². The number of ether oxygens (including phenoxy) is 1. The molecule has 1 aliphatic heterocycles. The van der Waals surface area contributed by atoms with Crippen molar-refractivity contribution in [1.29, 1.82) is 0 Å². The van der Waals surface area contributed by atoms with Crippen LogP contribution in [-0.4, -0.2) is 29.9 Å². The summed E-state index contributed by atoms with van der Waals surface area (Å²) < 4.78 is 5.69. The summed E-state index contributed by atoms with van der Waals surface area (Å²) in [7, 11) is 0. The van der Waals surface area contributed by atoms with E-state index in [9.17, 15) is 9.59 Å². The summed E-state index contributed by atoms with van der Waals surface area (Å²) in [6, 6.07) is -0.412. The first kappa shape index (κ1) is 21.1. The molecule has 0 aromatic rings. The van der Waals surface area contributed by atoms with Gasteiger partial charge in [0.25, 0.3) is 0 Å². The zero-order chi connectivity index (χ0) is 17.5. The number of hydrogen-bond acceptors (Lipinski definition) is 3. The number of ketones is 1. The molecule has 3 unspecified atom stereocenters. The van der Waals surface area contributed by atoms with Crippen molar-refractivity contribution in [2.24, 2.45) is 11.3 Å². The van der Waals surface area contributed by atoms with Gasteiger partial charge in [0.05, 0.1) is 18.2 Å². The van der Waals surface area contributed by atoms with E-state index in [0.717, 1.165) is 12.8 Å². The van der Waals surface area contributed by atoms with Crippen LogP contribution in [0.4, 0.5) is 0 Å². The molecule has 1 fully saturated rings. The molecule has 3 atom stereocenters. The summed E-state index contributed by atoms with van der Waals surface area (Å²) in [6.07, 6.45) is 2.74. The quantitative estimate of drug-likeness (QED) is 0.860. The summed E-state index contributed by atoms with van der Waals surface area (Å²) in [5.74, 6) is 0.340. The Morgan fingerprint density at radius 2 is 1.59 bits per heavy atom. The molecule has 1 heterocycles. The summed E-state index contributed by atoms with van der Waals surface area (Å²) in [5.41, 5.74) is -0.252. The second-order valence-corrected chi connectivity index (χ2v) is 7.28. The topological polar surface area (TPSA) is 55.4 Å². The van der Waals surface area contributed by atoms with Crippen LogP contribution in [-0.2, 0) is 14.3 Å². The molecule has 1 amide bonds. The first-order chi connectivity index (χ1) is 10.1.